The van der Waals surface area contributed by atoms with Crippen LogP contribution in [-0.4, -0.2) is 31.9 Å². The third kappa shape index (κ3) is 1.16. The molecule has 1 N–H and O–H groups in total. The highest BCUT2D eigenvalue weighted by Gasteiger charge is 2.17. The summed E-state index contributed by atoms with van der Waals surface area (Å²) in [7, 11) is 0. The third-order valence-electron chi connectivity index (χ3n) is 1.18. The highest BCUT2D eigenvalue weighted by molar-refractivity contribution is 8.15. The number of carbonyl (C=O) groups excluding carboxylic acids is 1. The minimum absolute atomic E-state index is 0.110. The summed E-state index contributed by atoms with van der Waals surface area (Å²) >= 11 is 1.37. The van der Waals surface area contributed by atoms with Gasteiger partial charge in [0.2, 0.25) is 0 Å². The van der Waals surface area contributed by atoms with E-state index < -0.39 is 0 Å². The number of hydrogen-bond donors (Lipinski definition) is 1. The van der Waals surface area contributed by atoms with E-state index in [0.29, 0.717) is 16.6 Å². The molecule has 56 valence electrons. The van der Waals surface area contributed by atoms with Crippen molar-refractivity contribution in [1.82, 2.24) is 15.2 Å². The van der Waals surface area contributed by atoms with Gasteiger partial charge in [-0.2, -0.15) is 5.10 Å². The monoisotopic (exact) mass is 168 g/mol. The van der Waals surface area contributed by atoms with Gasteiger partial charge in [0.25, 0.3) is 5.91 Å². The van der Waals surface area contributed by atoms with Crippen molar-refractivity contribution in [1.29, 1.82) is 0 Å². The first-order valence-electron chi connectivity index (χ1n) is 2.96. The third-order valence-corrected chi connectivity index (χ3v) is 2.13. The molecule has 0 aliphatic carbocycles. The second kappa shape index (κ2) is 2.46. The summed E-state index contributed by atoms with van der Waals surface area (Å²) in [5.41, 5.74) is 0. The van der Waals surface area contributed by atoms with Crippen molar-refractivity contribution in [3.05, 3.63) is 12.2 Å². The number of aliphatic imine (C=N–C) groups is 1. The molecule has 1 amide bonds. The molecular weight excluding hydrogens is 164 g/mol. The topological polar surface area (TPSA) is 71.0 Å². The van der Waals surface area contributed by atoms with Crippen LogP contribution in [0.15, 0.2) is 11.3 Å². The van der Waals surface area contributed by atoms with Gasteiger partial charge in [-0.15, -0.1) is 0 Å². The molecule has 2 heterocycles. The summed E-state index contributed by atoms with van der Waals surface area (Å²) < 4.78 is 0. The van der Waals surface area contributed by atoms with E-state index in [0.717, 1.165) is 0 Å². The zero-order valence-electron chi connectivity index (χ0n) is 5.44. The van der Waals surface area contributed by atoms with Crippen LogP contribution in [-0.2, 0) is 4.79 Å². The lowest BCUT2D eigenvalue weighted by molar-refractivity contribution is -0.115. The van der Waals surface area contributed by atoms with Gasteiger partial charge < -0.3 is 0 Å². The highest BCUT2D eigenvalue weighted by Crippen LogP contribution is 2.16. The average Bonchev–Trinajstić information content (AvgIpc) is 2.55. The molecule has 0 unspecified atom stereocenters. The van der Waals surface area contributed by atoms with Gasteiger partial charge in [-0.25, -0.2) is 9.98 Å². The summed E-state index contributed by atoms with van der Waals surface area (Å²) in [6.07, 6.45) is 1.39. The second-order valence-electron chi connectivity index (χ2n) is 1.93. The minimum Gasteiger partial charge on any atom is -0.272 e. The Balaban J connectivity index is 2.31. The van der Waals surface area contributed by atoms with Gasteiger partial charge in [0.15, 0.2) is 5.82 Å². The molecule has 1 aromatic rings. The lowest BCUT2D eigenvalue weighted by Gasteiger charge is -1.87. The summed E-state index contributed by atoms with van der Waals surface area (Å²) in [5, 5.41) is 6.92. The summed E-state index contributed by atoms with van der Waals surface area (Å²) in [4.78, 5) is 18.3. The predicted molar refractivity (Wildman–Crippen MR) is 40.4 cm³/mol. The van der Waals surface area contributed by atoms with Crippen LogP contribution >= 0.6 is 11.8 Å². The van der Waals surface area contributed by atoms with E-state index in [1.165, 1.54) is 18.1 Å². The molecule has 0 radical (unpaired) electrons. The van der Waals surface area contributed by atoms with E-state index in [4.69, 9.17) is 0 Å². The van der Waals surface area contributed by atoms with Crippen LogP contribution in [0, 0.1) is 0 Å². The van der Waals surface area contributed by atoms with E-state index in [1.54, 1.807) is 0 Å². The molecule has 0 fully saturated rings. The Morgan fingerprint density at radius 2 is 2.55 bits per heavy atom. The molecule has 0 saturated heterocycles. The van der Waals surface area contributed by atoms with Crippen molar-refractivity contribution in [3.63, 3.8) is 0 Å². The highest BCUT2D eigenvalue weighted by atomic mass is 32.2. The fourth-order valence-electron chi connectivity index (χ4n) is 0.738. The lowest BCUT2D eigenvalue weighted by atomic mass is 10.6. The summed E-state index contributed by atoms with van der Waals surface area (Å²) in [6, 6.07) is 0. The Kier molecular flexibility index (Phi) is 1.46. The maximum absolute atomic E-state index is 10.7. The molecule has 0 saturated carbocycles. The molecule has 1 aliphatic heterocycles. The molecule has 11 heavy (non-hydrogen) atoms. The molecule has 0 bridgehead atoms. The van der Waals surface area contributed by atoms with Crippen LogP contribution in [0.3, 0.4) is 0 Å². The Hall–Kier alpha value is -1.17. The molecule has 0 atom stereocenters. The molecule has 0 aromatic carbocycles. The first-order valence-corrected chi connectivity index (χ1v) is 3.95. The van der Waals surface area contributed by atoms with E-state index in [2.05, 4.69) is 20.2 Å². The van der Waals surface area contributed by atoms with Crippen LogP contribution < -0.4 is 0 Å². The predicted octanol–water partition coefficient (Wildman–Crippen LogP) is -0.175. The zero-order chi connectivity index (χ0) is 7.68. The van der Waals surface area contributed by atoms with E-state index in [1.807, 2.05) is 0 Å². The van der Waals surface area contributed by atoms with Crippen LogP contribution in [0.1, 0.15) is 5.82 Å². The molecule has 1 aromatic heterocycles. The van der Waals surface area contributed by atoms with Gasteiger partial charge >= 0.3 is 0 Å². The largest absolute Gasteiger partial charge is 0.272 e. The van der Waals surface area contributed by atoms with Gasteiger partial charge in [-0.1, -0.05) is 11.8 Å². The van der Waals surface area contributed by atoms with Crippen LogP contribution in [0.25, 0.3) is 0 Å². The summed E-state index contributed by atoms with van der Waals surface area (Å²) in [6.45, 7) is 0. The first-order chi connectivity index (χ1) is 5.36. The number of aromatic nitrogens is 3. The Bertz CT molecular complexity index is 304. The maximum Gasteiger partial charge on any atom is 0.257 e. The van der Waals surface area contributed by atoms with Crippen molar-refractivity contribution in [2.75, 3.05) is 5.75 Å². The van der Waals surface area contributed by atoms with Gasteiger partial charge in [0.05, 0.1) is 5.75 Å². The minimum atomic E-state index is -0.110. The number of carbonyl (C=O) groups is 1. The van der Waals surface area contributed by atoms with Crippen LogP contribution in [0.2, 0.25) is 0 Å². The van der Waals surface area contributed by atoms with Crippen molar-refractivity contribution >= 4 is 22.7 Å². The molecule has 0 spiro atoms. The molecular formula is C5H4N4OS. The summed E-state index contributed by atoms with van der Waals surface area (Å²) in [5.74, 6) is 0.873. The lowest BCUT2D eigenvalue weighted by Crippen LogP contribution is -1.94. The normalized spacial score (nSPS) is 17.1. The van der Waals surface area contributed by atoms with Gasteiger partial charge in [0.1, 0.15) is 11.4 Å². The van der Waals surface area contributed by atoms with Crippen molar-refractivity contribution in [3.8, 4) is 0 Å². The number of H-pyrrole nitrogens is 1. The van der Waals surface area contributed by atoms with Gasteiger partial charge in [0, 0.05) is 0 Å². The first kappa shape index (κ1) is 6.53. The van der Waals surface area contributed by atoms with Gasteiger partial charge in [-0.05, 0) is 0 Å². The maximum atomic E-state index is 10.7. The van der Waals surface area contributed by atoms with Crippen molar-refractivity contribution in [2.45, 2.75) is 0 Å². The van der Waals surface area contributed by atoms with E-state index in [9.17, 15) is 4.79 Å². The number of aromatic amines is 1. The Morgan fingerprint density at radius 3 is 3.09 bits per heavy atom. The second-order valence-corrected chi connectivity index (χ2v) is 2.90. The van der Waals surface area contributed by atoms with Gasteiger partial charge in [-0.3, -0.25) is 9.89 Å². The fourth-order valence-corrected chi connectivity index (χ4v) is 1.46. The number of amides is 1. The SMILES string of the molecule is O=C1CSC(c2ncn[nH]2)=N1. The van der Waals surface area contributed by atoms with E-state index >= 15 is 0 Å². The smallest absolute Gasteiger partial charge is 0.257 e. The molecule has 6 heteroatoms. The molecule has 5 nitrogen and oxygen atoms in total. The molecule has 1 aliphatic rings. The zero-order valence-corrected chi connectivity index (χ0v) is 6.26. The average molecular weight is 168 g/mol. The number of thioether (sulfide) groups is 1. The number of nitrogens with one attached hydrogen (secondary N) is 1. The molecule has 2 rings (SSSR count). The van der Waals surface area contributed by atoms with Crippen molar-refractivity contribution < 1.29 is 4.79 Å². The number of rotatable bonds is 1. The fraction of sp³-hybridized carbons (Fsp3) is 0.200. The Morgan fingerprint density at radius 1 is 1.64 bits per heavy atom. The quantitative estimate of drug-likeness (QED) is 0.631. The van der Waals surface area contributed by atoms with Crippen molar-refractivity contribution in [2.24, 2.45) is 4.99 Å². The van der Waals surface area contributed by atoms with Crippen LogP contribution in [0.5, 0.6) is 0 Å². The van der Waals surface area contributed by atoms with Crippen LogP contribution in [0.4, 0.5) is 0 Å². The standard InChI is InChI=1S/C5H4N4OS/c10-3-1-11-5(8-3)4-6-2-7-9-4/h2H,1H2,(H,6,7,9). The Labute approximate surface area is 66.3 Å². The number of hydrogen-bond acceptors (Lipinski definition) is 4. The number of nitrogens with zero attached hydrogens (tertiary/aromatic N) is 3. The van der Waals surface area contributed by atoms with E-state index in [-0.39, 0.29) is 5.91 Å².